The Morgan fingerprint density at radius 2 is 2.14 bits per heavy atom. The van der Waals surface area contributed by atoms with Gasteiger partial charge in [0.25, 0.3) is 0 Å². The van der Waals surface area contributed by atoms with Gasteiger partial charge in [-0.15, -0.1) is 0 Å². The summed E-state index contributed by atoms with van der Waals surface area (Å²) in [5.74, 6) is 0.0570. The highest BCUT2D eigenvalue weighted by Gasteiger charge is 2.04. The number of aromatic nitrogens is 1. The molecule has 4 heteroatoms. The summed E-state index contributed by atoms with van der Waals surface area (Å²) in [6.45, 7) is 1.26. The maximum atomic E-state index is 11.0. The summed E-state index contributed by atoms with van der Waals surface area (Å²) >= 11 is 0. The molecular formula is C10H15N3O. The molecule has 76 valence electrons. The van der Waals surface area contributed by atoms with E-state index in [2.05, 4.69) is 4.98 Å². The lowest BCUT2D eigenvalue weighted by Crippen LogP contribution is -2.29. The van der Waals surface area contributed by atoms with E-state index in [-0.39, 0.29) is 12.3 Å². The average Bonchev–Trinajstić information content (AvgIpc) is 2.19. The van der Waals surface area contributed by atoms with Crippen LogP contribution in [-0.2, 0) is 11.3 Å². The SMILES string of the molecule is CN(CC(=O)CN)Cc1ccncc1. The summed E-state index contributed by atoms with van der Waals surface area (Å²) in [7, 11) is 1.90. The van der Waals surface area contributed by atoms with Crippen LogP contribution in [0.5, 0.6) is 0 Å². The lowest BCUT2D eigenvalue weighted by molar-refractivity contribution is -0.118. The van der Waals surface area contributed by atoms with Crippen LogP contribution in [0.2, 0.25) is 0 Å². The molecule has 14 heavy (non-hydrogen) atoms. The maximum Gasteiger partial charge on any atom is 0.160 e. The van der Waals surface area contributed by atoms with Crippen LogP contribution in [0, 0.1) is 0 Å². The highest BCUT2D eigenvalue weighted by Crippen LogP contribution is 2.00. The van der Waals surface area contributed by atoms with E-state index in [1.807, 2.05) is 24.1 Å². The molecule has 0 atom stereocenters. The van der Waals surface area contributed by atoms with Crippen LogP contribution in [-0.4, -0.2) is 35.8 Å². The van der Waals surface area contributed by atoms with E-state index in [4.69, 9.17) is 5.73 Å². The standard InChI is InChI=1S/C10H15N3O/c1-13(8-10(14)6-11)7-9-2-4-12-5-3-9/h2-5H,6-8,11H2,1H3. The Labute approximate surface area is 83.7 Å². The van der Waals surface area contributed by atoms with Crippen LogP contribution < -0.4 is 5.73 Å². The molecule has 0 saturated carbocycles. The van der Waals surface area contributed by atoms with E-state index in [0.29, 0.717) is 6.54 Å². The molecule has 0 spiro atoms. The highest BCUT2D eigenvalue weighted by molar-refractivity contribution is 5.82. The fourth-order valence-electron chi connectivity index (χ4n) is 1.22. The molecule has 0 bridgehead atoms. The van der Waals surface area contributed by atoms with Crippen molar-refractivity contribution in [2.24, 2.45) is 5.73 Å². The summed E-state index contributed by atoms with van der Waals surface area (Å²) in [5.41, 5.74) is 6.37. The molecule has 4 nitrogen and oxygen atoms in total. The highest BCUT2D eigenvalue weighted by atomic mass is 16.1. The second-order valence-electron chi connectivity index (χ2n) is 3.27. The normalized spacial score (nSPS) is 10.5. The maximum absolute atomic E-state index is 11.0. The van der Waals surface area contributed by atoms with Gasteiger partial charge in [0.1, 0.15) is 0 Å². The zero-order valence-electron chi connectivity index (χ0n) is 8.31. The minimum absolute atomic E-state index is 0.0570. The predicted molar refractivity (Wildman–Crippen MR) is 54.6 cm³/mol. The van der Waals surface area contributed by atoms with Gasteiger partial charge in [0.2, 0.25) is 0 Å². The van der Waals surface area contributed by atoms with E-state index in [1.165, 1.54) is 0 Å². The summed E-state index contributed by atoms with van der Waals surface area (Å²) < 4.78 is 0. The predicted octanol–water partition coefficient (Wildman–Crippen LogP) is 0.0412. The van der Waals surface area contributed by atoms with Gasteiger partial charge in [0.15, 0.2) is 5.78 Å². The fraction of sp³-hybridized carbons (Fsp3) is 0.400. The second kappa shape index (κ2) is 5.47. The van der Waals surface area contributed by atoms with Gasteiger partial charge in [0.05, 0.1) is 13.1 Å². The smallest absolute Gasteiger partial charge is 0.160 e. The summed E-state index contributed by atoms with van der Waals surface area (Å²) in [6.07, 6.45) is 3.49. The first-order chi connectivity index (χ1) is 6.72. The lowest BCUT2D eigenvalue weighted by atomic mass is 10.2. The zero-order chi connectivity index (χ0) is 10.4. The molecule has 0 aliphatic carbocycles. The van der Waals surface area contributed by atoms with Crippen molar-refractivity contribution in [1.29, 1.82) is 0 Å². The Bertz CT molecular complexity index is 287. The second-order valence-corrected chi connectivity index (χ2v) is 3.27. The van der Waals surface area contributed by atoms with Crippen LogP contribution in [0.15, 0.2) is 24.5 Å². The number of likely N-dealkylation sites (N-methyl/N-ethyl adjacent to an activating group) is 1. The number of nitrogens with two attached hydrogens (primary N) is 1. The molecule has 0 fully saturated rings. The molecule has 0 radical (unpaired) electrons. The first-order valence-electron chi connectivity index (χ1n) is 4.51. The molecule has 2 N–H and O–H groups in total. The fourth-order valence-corrected chi connectivity index (χ4v) is 1.22. The van der Waals surface area contributed by atoms with Crippen LogP contribution in [0.1, 0.15) is 5.56 Å². The molecule has 1 aromatic rings. The molecule has 0 aliphatic rings. The number of carbonyl (C=O) groups is 1. The summed E-state index contributed by atoms with van der Waals surface area (Å²) in [4.78, 5) is 16.9. The Morgan fingerprint density at radius 3 is 2.71 bits per heavy atom. The van der Waals surface area contributed by atoms with E-state index in [1.54, 1.807) is 12.4 Å². The number of nitrogens with zero attached hydrogens (tertiary/aromatic N) is 2. The molecule has 1 rings (SSSR count). The Balaban J connectivity index is 2.41. The molecule has 0 unspecified atom stereocenters. The quantitative estimate of drug-likeness (QED) is 0.717. The number of ketones is 1. The summed E-state index contributed by atoms with van der Waals surface area (Å²) in [6, 6.07) is 3.87. The van der Waals surface area contributed by atoms with Gasteiger partial charge in [-0.1, -0.05) is 0 Å². The van der Waals surface area contributed by atoms with Gasteiger partial charge in [0, 0.05) is 18.9 Å². The Kier molecular flexibility index (Phi) is 4.22. The van der Waals surface area contributed by atoms with E-state index in [0.717, 1.165) is 12.1 Å². The topological polar surface area (TPSA) is 59.2 Å². The van der Waals surface area contributed by atoms with Crippen LogP contribution in [0.3, 0.4) is 0 Å². The number of pyridine rings is 1. The molecule has 0 aliphatic heterocycles. The number of hydrogen-bond acceptors (Lipinski definition) is 4. The van der Waals surface area contributed by atoms with E-state index >= 15 is 0 Å². The minimum atomic E-state index is 0.0570. The van der Waals surface area contributed by atoms with E-state index < -0.39 is 0 Å². The van der Waals surface area contributed by atoms with Gasteiger partial charge < -0.3 is 5.73 Å². The van der Waals surface area contributed by atoms with Gasteiger partial charge in [-0.2, -0.15) is 0 Å². The minimum Gasteiger partial charge on any atom is -0.324 e. The van der Waals surface area contributed by atoms with Crippen molar-refractivity contribution in [1.82, 2.24) is 9.88 Å². The van der Waals surface area contributed by atoms with Crippen molar-refractivity contribution in [3.8, 4) is 0 Å². The number of carbonyl (C=O) groups excluding carboxylic acids is 1. The Hall–Kier alpha value is -1.26. The third-order valence-electron chi connectivity index (χ3n) is 1.88. The monoisotopic (exact) mass is 193 g/mol. The van der Waals surface area contributed by atoms with Crippen LogP contribution in [0.4, 0.5) is 0 Å². The number of Topliss-reactive ketones (excluding diaryl/α,β-unsaturated/α-hetero) is 1. The third kappa shape index (κ3) is 3.64. The number of hydrogen-bond donors (Lipinski definition) is 1. The average molecular weight is 193 g/mol. The van der Waals surface area contributed by atoms with Gasteiger partial charge in [-0.3, -0.25) is 14.7 Å². The van der Waals surface area contributed by atoms with Crippen molar-refractivity contribution in [2.75, 3.05) is 20.1 Å². The van der Waals surface area contributed by atoms with Crippen molar-refractivity contribution in [3.63, 3.8) is 0 Å². The summed E-state index contributed by atoms with van der Waals surface area (Å²) in [5, 5.41) is 0. The van der Waals surface area contributed by atoms with Crippen molar-refractivity contribution in [2.45, 2.75) is 6.54 Å². The van der Waals surface area contributed by atoms with Gasteiger partial charge in [-0.25, -0.2) is 0 Å². The van der Waals surface area contributed by atoms with Gasteiger partial charge in [-0.05, 0) is 24.7 Å². The zero-order valence-corrected chi connectivity index (χ0v) is 8.31. The number of rotatable bonds is 5. The largest absolute Gasteiger partial charge is 0.324 e. The van der Waals surface area contributed by atoms with Crippen molar-refractivity contribution < 1.29 is 4.79 Å². The molecule has 0 saturated heterocycles. The Morgan fingerprint density at radius 1 is 1.50 bits per heavy atom. The van der Waals surface area contributed by atoms with Gasteiger partial charge >= 0.3 is 0 Å². The van der Waals surface area contributed by atoms with Crippen molar-refractivity contribution in [3.05, 3.63) is 30.1 Å². The molecule has 1 heterocycles. The van der Waals surface area contributed by atoms with Crippen molar-refractivity contribution >= 4 is 5.78 Å². The first kappa shape index (κ1) is 10.8. The first-order valence-corrected chi connectivity index (χ1v) is 4.51. The molecular weight excluding hydrogens is 178 g/mol. The molecule has 0 aromatic carbocycles. The third-order valence-corrected chi connectivity index (χ3v) is 1.88. The lowest BCUT2D eigenvalue weighted by Gasteiger charge is -2.14. The molecule has 0 amide bonds. The van der Waals surface area contributed by atoms with E-state index in [9.17, 15) is 4.79 Å². The van der Waals surface area contributed by atoms with Crippen LogP contribution in [0.25, 0.3) is 0 Å². The van der Waals surface area contributed by atoms with Crippen LogP contribution >= 0.6 is 0 Å². The molecule has 1 aromatic heterocycles.